The molecule has 2 heterocycles. The van der Waals surface area contributed by atoms with Gasteiger partial charge in [0, 0.05) is 0 Å². The van der Waals surface area contributed by atoms with E-state index < -0.39 is 11.9 Å². The van der Waals surface area contributed by atoms with Gasteiger partial charge in [0.2, 0.25) is 0 Å². The summed E-state index contributed by atoms with van der Waals surface area (Å²) in [7, 11) is 0. The summed E-state index contributed by atoms with van der Waals surface area (Å²) in [5.41, 5.74) is 7.74. The summed E-state index contributed by atoms with van der Waals surface area (Å²) in [6.07, 6.45) is 2.06. The molecule has 3 aromatic rings. The third-order valence-corrected chi connectivity index (χ3v) is 4.02. The second-order valence-electron chi connectivity index (χ2n) is 5.68. The molecule has 0 radical (unpaired) electrons. The highest BCUT2D eigenvalue weighted by Gasteiger charge is 2.33. The van der Waals surface area contributed by atoms with Crippen LogP contribution in [-0.4, -0.2) is 15.0 Å². The minimum absolute atomic E-state index is 0.0294. The van der Waals surface area contributed by atoms with Crippen LogP contribution in [0, 0.1) is 0 Å². The molecular formula is C17H17F3N4. The molecule has 0 bridgehead atoms. The summed E-state index contributed by atoms with van der Waals surface area (Å²) in [5, 5.41) is 0.180. The minimum atomic E-state index is -4.42. The lowest BCUT2D eigenvalue weighted by Crippen LogP contribution is -2.04. The molecule has 4 nitrogen and oxygen atoms in total. The Morgan fingerprint density at radius 1 is 1.00 bits per heavy atom. The van der Waals surface area contributed by atoms with Gasteiger partial charge in [-0.25, -0.2) is 9.97 Å². The zero-order valence-electron chi connectivity index (χ0n) is 12.9. The van der Waals surface area contributed by atoms with Crippen molar-refractivity contribution in [3.05, 3.63) is 53.5 Å². The summed E-state index contributed by atoms with van der Waals surface area (Å²) < 4.78 is 36.7. The quantitative estimate of drug-likeness (QED) is 0.650. The average Bonchev–Trinajstić information content (AvgIpc) is 3.02. The number of aromatic nitrogens is 3. The van der Waals surface area contributed by atoms with Crippen LogP contribution in [0.5, 0.6) is 0 Å². The van der Waals surface area contributed by atoms with Gasteiger partial charge in [-0.2, -0.15) is 13.2 Å². The Bertz CT molecular complexity index is 814. The molecule has 0 atom stereocenters. The molecule has 1 aliphatic carbocycles. The molecule has 1 aromatic carbocycles. The number of nitrogens with zero attached hydrogens (tertiary/aromatic N) is 2. The van der Waals surface area contributed by atoms with Crippen LogP contribution in [0.25, 0.3) is 11.0 Å². The van der Waals surface area contributed by atoms with Gasteiger partial charge in [-0.1, -0.05) is 24.3 Å². The van der Waals surface area contributed by atoms with Crippen molar-refractivity contribution in [2.45, 2.75) is 31.9 Å². The van der Waals surface area contributed by atoms with E-state index in [0.29, 0.717) is 0 Å². The molecule has 0 unspecified atom stereocenters. The first-order chi connectivity index (χ1) is 11.4. The smallest absolute Gasteiger partial charge is 0.383 e. The van der Waals surface area contributed by atoms with Crippen molar-refractivity contribution in [1.29, 1.82) is 0 Å². The van der Waals surface area contributed by atoms with Gasteiger partial charge in [0.05, 0.1) is 5.39 Å². The number of alkyl halides is 3. The first-order valence-electron chi connectivity index (χ1n) is 7.68. The van der Waals surface area contributed by atoms with Crippen molar-refractivity contribution < 1.29 is 13.2 Å². The number of halogens is 3. The summed E-state index contributed by atoms with van der Waals surface area (Å²) >= 11 is 0. The normalized spacial score (nSPS) is 14.0. The van der Waals surface area contributed by atoms with Crippen LogP contribution in [-0.2, 0) is 19.0 Å². The Balaban J connectivity index is 0.000000149. The second-order valence-corrected chi connectivity index (χ2v) is 5.68. The van der Waals surface area contributed by atoms with Crippen molar-refractivity contribution >= 4 is 16.9 Å². The number of aromatic amines is 1. The molecule has 0 amide bonds. The Hall–Kier alpha value is -2.57. The summed E-state index contributed by atoms with van der Waals surface area (Å²) in [6.45, 7) is 0. The molecule has 2 aromatic heterocycles. The highest BCUT2D eigenvalue weighted by atomic mass is 19.4. The van der Waals surface area contributed by atoms with E-state index >= 15 is 0 Å². The highest BCUT2D eigenvalue weighted by molar-refractivity contribution is 5.86. The molecule has 0 aliphatic heterocycles. The van der Waals surface area contributed by atoms with Crippen molar-refractivity contribution in [2.24, 2.45) is 0 Å². The Labute approximate surface area is 136 Å². The Morgan fingerprint density at radius 2 is 1.62 bits per heavy atom. The van der Waals surface area contributed by atoms with Crippen LogP contribution in [0.3, 0.4) is 0 Å². The Kier molecular flexibility index (Phi) is 4.42. The maximum atomic E-state index is 12.2. The summed E-state index contributed by atoms with van der Waals surface area (Å²) in [4.78, 5) is 9.33. The zero-order chi connectivity index (χ0) is 17.2. The number of rotatable bonds is 0. The van der Waals surface area contributed by atoms with E-state index in [0.717, 1.165) is 12.4 Å². The number of nitrogens with two attached hydrogens (primary N) is 1. The first-order valence-corrected chi connectivity index (χ1v) is 7.68. The third-order valence-electron chi connectivity index (χ3n) is 4.02. The van der Waals surface area contributed by atoms with Gasteiger partial charge in [-0.15, -0.1) is 0 Å². The maximum absolute atomic E-state index is 12.2. The lowest BCUT2D eigenvalue weighted by atomic mass is 9.92. The van der Waals surface area contributed by atoms with Crippen LogP contribution in [0.15, 0.2) is 36.7 Å². The van der Waals surface area contributed by atoms with E-state index in [1.54, 1.807) is 11.1 Å². The van der Waals surface area contributed by atoms with Crippen molar-refractivity contribution in [3.8, 4) is 0 Å². The van der Waals surface area contributed by atoms with Gasteiger partial charge in [-0.3, -0.25) is 0 Å². The SMILES string of the molecule is Nc1ncnc2[nH]c(C(F)(F)F)cc12.c1ccc2c(c1)CCCC2. The maximum Gasteiger partial charge on any atom is 0.431 e. The first kappa shape index (κ1) is 16.3. The molecule has 24 heavy (non-hydrogen) atoms. The largest absolute Gasteiger partial charge is 0.431 e. The van der Waals surface area contributed by atoms with E-state index in [4.69, 9.17) is 5.73 Å². The predicted octanol–water partition coefficient (Wildman–Crippen LogP) is 4.12. The van der Waals surface area contributed by atoms with E-state index in [1.807, 2.05) is 0 Å². The van der Waals surface area contributed by atoms with Gasteiger partial charge >= 0.3 is 6.18 Å². The third kappa shape index (κ3) is 3.50. The molecule has 0 fully saturated rings. The second kappa shape index (κ2) is 6.51. The fraction of sp³-hybridized carbons (Fsp3) is 0.294. The van der Waals surface area contributed by atoms with E-state index in [2.05, 4.69) is 39.2 Å². The molecule has 4 rings (SSSR count). The number of nitrogen functional groups attached to an aromatic ring is 1. The van der Waals surface area contributed by atoms with Gasteiger partial charge < -0.3 is 10.7 Å². The fourth-order valence-corrected chi connectivity index (χ4v) is 2.79. The number of fused-ring (bicyclic) bond motifs is 2. The molecule has 1 aliphatic rings. The van der Waals surface area contributed by atoms with E-state index in [1.165, 1.54) is 25.7 Å². The molecule has 3 N–H and O–H groups in total. The van der Waals surface area contributed by atoms with Crippen LogP contribution < -0.4 is 5.73 Å². The summed E-state index contributed by atoms with van der Waals surface area (Å²) in [5.74, 6) is 0.0294. The van der Waals surface area contributed by atoms with Crippen LogP contribution >= 0.6 is 0 Å². The highest BCUT2D eigenvalue weighted by Crippen LogP contribution is 2.31. The molecule has 0 saturated heterocycles. The molecule has 0 saturated carbocycles. The van der Waals surface area contributed by atoms with Crippen molar-refractivity contribution in [3.63, 3.8) is 0 Å². The number of hydrogen-bond donors (Lipinski definition) is 2. The van der Waals surface area contributed by atoms with E-state index in [-0.39, 0.29) is 16.9 Å². The Morgan fingerprint density at radius 3 is 2.17 bits per heavy atom. The lowest BCUT2D eigenvalue weighted by molar-refractivity contribution is -0.140. The number of H-pyrrole nitrogens is 1. The van der Waals surface area contributed by atoms with Gasteiger partial charge in [0.1, 0.15) is 23.5 Å². The fourth-order valence-electron chi connectivity index (χ4n) is 2.79. The average molecular weight is 334 g/mol. The minimum Gasteiger partial charge on any atom is -0.383 e. The molecular weight excluding hydrogens is 317 g/mol. The number of aryl methyl sites for hydroxylation is 2. The van der Waals surface area contributed by atoms with Gasteiger partial charge in [0.25, 0.3) is 0 Å². The number of nitrogens with one attached hydrogen (secondary N) is 1. The van der Waals surface area contributed by atoms with Crippen LogP contribution in [0.2, 0.25) is 0 Å². The number of anilines is 1. The predicted molar refractivity (Wildman–Crippen MR) is 86.4 cm³/mol. The van der Waals surface area contributed by atoms with Crippen LogP contribution in [0.1, 0.15) is 29.7 Å². The van der Waals surface area contributed by atoms with Crippen molar-refractivity contribution in [2.75, 3.05) is 5.73 Å². The molecule has 126 valence electrons. The number of benzene rings is 1. The summed E-state index contributed by atoms with van der Waals surface area (Å²) in [6, 6.07) is 9.70. The van der Waals surface area contributed by atoms with Gasteiger partial charge in [0.15, 0.2) is 0 Å². The van der Waals surface area contributed by atoms with Crippen LogP contribution in [0.4, 0.5) is 19.0 Å². The van der Waals surface area contributed by atoms with Crippen molar-refractivity contribution in [1.82, 2.24) is 15.0 Å². The molecule has 7 heteroatoms. The lowest BCUT2D eigenvalue weighted by Gasteiger charge is -2.13. The van der Waals surface area contributed by atoms with E-state index in [9.17, 15) is 13.2 Å². The van der Waals surface area contributed by atoms with Gasteiger partial charge in [-0.05, 0) is 42.9 Å². The standard InChI is InChI=1S/C10H12.C7H5F3N4/c1-2-6-10-8-4-3-7-9(10)5-1;8-7(9,10)4-1-3-5(11)12-2-13-6(3)14-4/h1-2,5-6H,3-4,7-8H2;1-2H,(H3,11,12,13,14). The monoisotopic (exact) mass is 334 g/mol. The topological polar surface area (TPSA) is 67.6 Å². The number of hydrogen-bond acceptors (Lipinski definition) is 3. The molecule has 0 spiro atoms. The zero-order valence-corrected chi connectivity index (χ0v) is 12.9.